The molecule has 20 heteroatoms. The molecule has 0 aromatic carbocycles. The van der Waals surface area contributed by atoms with Crippen LogP contribution in [-0.4, -0.2) is 154 Å². The Labute approximate surface area is 287 Å². The molecular weight excluding hydrogens is 672 g/mol. The van der Waals surface area contributed by atoms with E-state index in [2.05, 4.69) is 16.0 Å². The number of unbranched alkanes of at least 4 members (excludes halogenated alkanes) is 1. The molecule has 5 amide bonds. The van der Waals surface area contributed by atoms with Gasteiger partial charge >= 0.3 is 5.97 Å². The van der Waals surface area contributed by atoms with Crippen LogP contribution < -0.4 is 16.0 Å². The number of aliphatic hydroxyl groups excluding tert-OH is 5. The van der Waals surface area contributed by atoms with Gasteiger partial charge in [0.25, 0.3) is 11.8 Å². The Morgan fingerprint density at radius 1 is 0.840 bits per heavy atom. The zero-order valence-corrected chi connectivity index (χ0v) is 27.8. The molecule has 3 fully saturated rings. The third-order valence-corrected chi connectivity index (χ3v) is 8.02. The third kappa shape index (κ3) is 13.1. The smallest absolute Gasteiger partial charge is 0.333 e. The maximum absolute atomic E-state index is 13.0. The van der Waals surface area contributed by atoms with Gasteiger partial charge in [0.1, 0.15) is 30.5 Å². The number of aliphatic hydroxyl groups is 5. The highest BCUT2D eigenvalue weighted by atomic mass is 16.7. The van der Waals surface area contributed by atoms with E-state index in [4.69, 9.17) is 23.8 Å². The number of carbonyl (C=O) groups is 6. The van der Waals surface area contributed by atoms with Crippen LogP contribution in [0.25, 0.3) is 0 Å². The molecule has 0 aliphatic carbocycles. The molecule has 3 heterocycles. The number of nitrogens with zero attached hydrogens (tertiary/aromatic N) is 1. The number of ether oxygens (including phenoxy) is 4. The van der Waals surface area contributed by atoms with Crippen LogP contribution >= 0.6 is 0 Å². The van der Waals surface area contributed by atoms with E-state index in [1.165, 1.54) is 6.92 Å². The summed E-state index contributed by atoms with van der Waals surface area (Å²) >= 11 is 0. The Morgan fingerprint density at radius 2 is 1.48 bits per heavy atom. The summed E-state index contributed by atoms with van der Waals surface area (Å²) in [6, 6.07) is -1.14. The van der Waals surface area contributed by atoms with E-state index >= 15 is 0 Å². The Balaban J connectivity index is 1.41. The lowest BCUT2D eigenvalue weighted by atomic mass is 10.0. The molecule has 0 aromatic rings. The lowest BCUT2D eigenvalue weighted by Crippen LogP contribution is -2.57. The number of hydrogen-bond acceptors (Lipinski definition) is 16. The van der Waals surface area contributed by atoms with Crippen LogP contribution in [0.3, 0.4) is 0 Å². The molecular formula is C30H48N4O16. The second-order valence-corrected chi connectivity index (χ2v) is 12.1. The number of hydrogen-bond donors (Lipinski definition) is 8. The van der Waals surface area contributed by atoms with Gasteiger partial charge in [-0.2, -0.15) is 0 Å². The number of amides is 5. The summed E-state index contributed by atoms with van der Waals surface area (Å²) in [5, 5.41) is 57.4. The first-order chi connectivity index (χ1) is 23.8. The number of carbonyl (C=O) groups excluding carboxylic acids is 6. The highest BCUT2D eigenvalue weighted by Crippen LogP contribution is 2.21. The maximum Gasteiger partial charge on any atom is 0.333 e. The van der Waals surface area contributed by atoms with Crippen LogP contribution in [-0.2, 0) is 52.6 Å². The molecule has 0 aromatic heterocycles. The summed E-state index contributed by atoms with van der Waals surface area (Å²) in [5.74, 6) is -3.67. The van der Waals surface area contributed by atoms with Gasteiger partial charge in [-0.15, -0.1) is 5.06 Å². The van der Waals surface area contributed by atoms with E-state index < -0.39 is 90.8 Å². The molecule has 3 saturated heterocycles. The van der Waals surface area contributed by atoms with Gasteiger partial charge in [-0.1, -0.05) is 0 Å². The summed E-state index contributed by atoms with van der Waals surface area (Å²) in [6.07, 6.45) is -9.30. The van der Waals surface area contributed by atoms with Crippen molar-refractivity contribution in [2.24, 2.45) is 0 Å². The fourth-order valence-electron chi connectivity index (χ4n) is 5.18. The average molecular weight is 721 g/mol. The van der Waals surface area contributed by atoms with Gasteiger partial charge in [-0.25, -0.2) is 4.79 Å². The predicted octanol–water partition coefficient (Wildman–Crippen LogP) is -4.02. The molecule has 50 heavy (non-hydrogen) atoms. The lowest BCUT2D eigenvalue weighted by molar-refractivity contribution is -0.292. The first-order valence-electron chi connectivity index (χ1n) is 16.6. The van der Waals surface area contributed by atoms with Crippen molar-refractivity contribution >= 4 is 35.5 Å². The van der Waals surface area contributed by atoms with Gasteiger partial charge in [0.05, 0.1) is 32.0 Å². The highest BCUT2D eigenvalue weighted by Gasteiger charge is 2.42. The average Bonchev–Trinajstić information content (AvgIpc) is 3.39. The predicted molar refractivity (Wildman–Crippen MR) is 163 cm³/mol. The van der Waals surface area contributed by atoms with Crippen molar-refractivity contribution in [1.29, 1.82) is 0 Å². The van der Waals surface area contributed by atoms with Gasteiger partial charge in [-0.3, -0.25) is 24.0 Å². The van der Waals surface area contributed by atoms with E-state index in [0.29, 0.717) is 5.06 Å². The molecule has 20 nitrogen and oxygen atoms in total. The number of nitrogens with one attached hydrogen (secondary N) is 3. The summed E-state index contributed by atoms with van der Waals surface area (Å²) in [4.78, 5) is 78.1. The van der Waals surface area contributed by atoms with E-state index in [0.717, 1.165) is 0 Å². The Hall–Kier alpha value is -3.34. The molecule has 9 atom stereocenters. The highest BCUT2D eigenvalue weighted by molar-refractivity contribution is 6.01. The minimum Gasteiger partial charge on any atom is -0.391 e. The lowest BCUT2D eigenvalue weighted by Gasteiger charge is -2.38. The first kappa shape index (κ1) is 41.1. The van der Waals surface area contributed by atoms with Crippen LogP contribution in [0.1, 0.15) is 64.7 Å². The topological polar surface area (TPSA) is 289 Å². The van der Waals surface area contributed by atoms with Crippen molar-refractivity contribution in [3.05, 3.63) is 0 Å². The van der Waals surface area contributed by atoms with E-state index in [9.17, 15) is 54.3 Å². The minimum atomic E-state index is -1.50. The summed E-state index contributed by atoms with van der Waals surface area (Å²) in [6.45, 7) is 1.25. The molecule has 3 aliphatic rings. The van der Waals surface area contributed by atoms with Crippen LogP contribution in [0.15, 0.2) is 0 Å². The zero-order valence-electron chi connectivity index (χ0n) is 27.8. The molecule has 0 unspecified atom stereocenters. The summed E-state index contributed by atoms with van der Waals surface area (Å²) in [5.41, 5.74) is 0. The molecule has 3 aliphatic heterocycles. The van der Waals surface area contributed by atoms with Gasteiger partial charge in [0.2, 0.25) is 17.7 Å². The quantitative estimate of drug-likeness (QED) is 0.0466. The molecule has 0 bridgehead atoms. The third-order valence-electron chi connectivity index (χ3n) is 8.02. The Kier molecular flexibility index (Phi) is 16.8. The molecule has 0 saturated carbocycles. The van der Waals surface area contributed by atoms with Crippen molar-refractivity contribution in [2.75, 3.05) is 32.9 Å². The maximum atomic E-state index is 13.0. The molecule has 0 spiro atoms. The summed E-state index contributed by atoms with van der Waals surface area (Å²) in [7, 11) is 0. The minimum absolute atomic E-state index is 0.0157. The van der Waals surface area contributed by atoms with Crippen LogP contribution in [0, 0.1) is 0 Å². The van der Waals surface area contributed by atoms with E-state index in [1.54, 1.807) is 0 Å². The molecule has 3 rings (SSSR count). The monoisotopic (exact) mass is 720 g/mol. The fraction of sp³-hybridized carbons (Fsp3) is 0.800. The van der Waals surface area contributed by atoms with Crippen molar-refractivity contribution in [3.8, 4) is 0 Å². The Bertz CT molecular complexity index is 1160. The van der Waals surface area contributed by atoms with Crippen molar-refractivity contribution < 1.29 is 78.1 Å². The molecule has 284 valence electrons. The second kappa shape index (κ2) is 20.5. The zero-order chi connectivity index (χ0) is 36.8. The first-order valence-corrected chi connectivity index (χ1v) is 16.6. The van der Waals surface area contributed by atoms with Crippen LogP contribution in [0.4, 0.5) is 0 Å². The molecule has 8 N–H and O–H groups in total. The van der Waals surface area contributed by atoms with E-state index in [1.807, 2.05) is 0 Å². The standard InChI is InChI=1S/C30H48N4O16/c1-16-25(42)26(43)27(44)30(49-16)47-12-10-31-20(37)7-6-18(28(45)32-11-13-46-29-19(36)14-17(35)15-48-29)33-21(38)4-2-3-5-24(41)50-34-22(39)8-9-23(34)40/h16-19,25-27,29-30,35-36,42-44H,2-15H2,1H3,(H,31,37)(H,32,45)(H,33,38)/t16-,17-,18-,19-,25+,26+,27-,29+,30+/m0/s1. The van der Waals surface area contributed by atoms with Gasteiger partial charge in [0.15, 0.2) is 12.6 Å². The van der Waals surface area contributed by atoms with Gasteiger partial charge < -0.3 is 65.3 Å². The second-order valence-electron chi connectivity index (χ2n) is 12.1. The van der Waals surface area contributed by atoms with Gasteiger partial charge in [0, 0.05) is 51.6 Å². The van der Waals surface area contributed by atoms with E-state index in [-0.39, 0.29) is 90.7 Å². The van der Waals surface area contributed by atoms with Crippen molar-refractivity contribution in [3.63, 3.8) is 0 Å². The number of hydroxylamine groups is 2. The number of imide groups is 1. The van der Waals surface area contributed by atoms with Crippen molar-refractivity contribution in [2.45, 2.75) is 120 Å². The fourth-order valence-corrected chi connectivity index (χ4v) is 5.18. The van der Waals surface area contributed by atoms with Crippen molar-refractivity contribution in [1.82, 2.24) is 21.0 Å². The van der Waals surface area contributed by atoms with Gasteiger partial charge in [-0.05, 0) is 26.2 Å². The SMILES string of the molecule is C[C@@H]1O[C@@H](OCCNC(=O)CC[C@H](NC(=O)CCCCC(=O)ON2C(=O)CCC2=O)C(=O)NCCO[C@@H]2OC[C@@H](O)C[C@@H]2O)[C@@H](O)[C@H](O)[C@@H]1O. The van der Waals surface area contributed by atoms with Crippen LogP contribution in [0.2, 0.25) is 0 Å². The normalized spacial score (nSPS) is 29.0. The number of rotatable bonds is 19. The van der Waals surface area contributed by atoms with Crippen LogP contribution in [0.5, 0.6) is 0 Å². The molecule has 0 radical (unpaired) electrons. The summed E-state index contributed by atoms with van der Waals surface area (Å²) < 4.78 is 21.4. The largest absolute Gasteiger partial charge is 0.391 e. The Morgan fingerprint density at radius 3 is 2.16 bits per heavy atom.